The molecule has 1 aromatic heterocycles. The molecule has 1 unspecified atom stereocenters. The smallest absolute Gasteiger partial charge is 0.343 e. The Morgan fingerprint density at radius 3 is 2.68 bits per heavy atom. The number of methoxy groups -OCH3 is 2. The van der Waals surface area contributed by atoms with Gasteiger partial charge < -0.3 is 19.5 Å². The topological polar surface area (TPSA) is 112 Å². The molecule has 28 heavy (non-hydrogen) atoms. The Balaban J connectivity index is 2.13. The number of aromatic nitrogens is 2. The Morgan fingerprint density at radius 2 is 2.04 bits per heavy atom. The predicted molar refractivity (Wildman–Crippen MR) is 101 cm³/mol. The van der Waals surface area contributed by atoms with Crippen molar-refractivity contribution in [1.82, 2.24) is 9.78 Å². The van der Waals surface area contributed by atoms with Gasteiger partial charge in [0.25, 0.3) is 5.56 Å². The van der Waals surface area contributed by atoms with Crippen molar-refractivity contribution in [3.05, 3.63) is 39.7 Å². The largest absolute Gasteiger partial charge is 0.493 e. The highest BCUT2D eigenvalue weighted by Gasteiger charge is 2.35. The van der Waals surface area contributed by atoms with Crippen LogP contribution in [0.1, 0.15) is 43.4 Å². The number of benzene rings is 1. The first kappa shape index (κ1) is 19.5. The minimum absolute atomic E-state index is 0.0455. The van der Waals surface area contributed by atoms with Crippen LogP contribution in [0.15, 0.2) is 23.0 Å². The predicted octanol–water partition coefficient (Wildman–Crippen LogP) is 1.79. The zero-order valence-electron chi connectivity index (χ0n) is 16.2. The van der Waals surface area contributed by atoms with E-state index in [1.807, 2.05) is 13.8 Å². The van der Waals surface area contributed by atoms with Crippen molar-refractivity contribution in [3.8, 4) is 11.5 Å². The molecule has 2 heterocycles. The summed E-state index contributed by atoms with van der Waals surface area (Å²) in [5, 5.41) is 5.57. The van der Waals surface area contributed by atoms with Gasteiger partial charge in [-0.05, 0) is 19.9 Å². The van der Waals surface area contributed by atoms with Crippen LogP contribution in [0.2, 0.25) is 0 Å². The first-order valence-corrected chi connectivity index (χ1v) is 8.88. The number of amides is 1. The molecule has 150 valence electrons. The first-order chi connectivity index (χ1) is 13.4. The molecule has 9 heteroatoms. The maximum Gasteiger partial charge on any atom is 0.343 e. The summed E-state index contributed by atoms with van der Waals surface area (Å²) in [7, 11) is 2.74. The van der Waals surface area contributed by atoms with Gasteiger partial charge in [-0.1, -0.05) is 12.1 Å². The molecule has 0 aliphatic carbocycles. The number of anilines is 1. The highest BCUT2D eigenvalue weighted by Crippen LogP contribution is 2.43. The number of carbonyl (C=O) groups excluding carboxylic acids is 2. The van der Waals surface area contributed by atoms with E-state index in [4.69, 9.17) is 9.47 Å². The van der Waals surface area contributed by atoms with E-state index in [9.17, 15) is 14.4 Å². The molecule has 0 saturated heterocycles. The number of fused-ring (bicyclic) bond motifs is 1. The minimum atomic E-state index is -0.553. The molecule has 2 aromatic rings. The molecular weight excluding hydrogens is 366 g/mol. The van der Waals surface area contributed by atoms with E-state index in [1.165, 1.54) is 14.2 Å². The molecule has 1 atom stereocenters. The summed E-state index contributed by atoms with van der Waals surface area (Å²) < 4.78 is 17.3. The maximum atomic E-state index is 12.7. The van der Waals surface area contributed by atoms with E-state index in [0.717, 1.165) is 0 Å². The number of hydrogen-bond acceptors (Lipinski definition) is 6. The molecule has 1 aromatic carbocycles. The minimum Gasteiger partial charge on any atom is -0.493 e. The molecule has 2 N–H and O–H groups in total. The van der Waals surface area contributed by atoms with Crippen molar-refractivity contribution in [2.75, 3.05) is 26.1 Å². The second-order valence-corrected chi connectivity index (χ2v) is 6.72. The zero-order chi connectivity index (χ0) is 20.4. The van der Waals surface area contributed by atoms with Crippen molar-refractivity contribution < 1.29 is 23.8 Å². The highest BCUT2D eigenvalue weighted by atomic mass is 16.6. The molecular formula is C19H23N3O6. The Kier molecular flexibility index (Phi) is 5.43. The lowest BCUT2D eigenvalue weighted by molar-refractivity contribution is -0.143. The van der Waals surface area contributed by atoms with Gasteiger partial charge >= 0.3 is 5.97 Å². The van der Waals surface area contributed by atoms with Gasteiger partial charge in [0.05, 0.1) is 19.8 Å². The number of rotatable bonds is 6. The molecule has 0 radical (unpaired) electrons. The van der Waals surface area contributed by atoms with Crippen molar-refractivity contribution in [1.29, 1.82) is 0 Å². The van der Waals surface area contributed by atoms with Gasteiger partial charge in [-0.25, -0.2) is 4.79 Å². The number of nitrogens with zero attached hydrogens (tertiary/aromatic N) is 1. The van der Waals surface area contributed by atoms with E-state index in [0.29, 0.717) is 28.4 Å². The molecule has 1 aliphatic heterocycles. The van der Waals surface area contributed by atoms with Crippen molar-refractivity contribution >= 4 is 17.7 Å². The van der Waals surface area contributed by atoms with Crippen LogP contribution in [0.4, 0.5) is 5.82 Å². The number of H-pyrrole nitrogens is 1. The van der Waals surface area contributed by atoms with E-state index in [1.54, 1.807) is 22.9 Å². The average Bonchev–Trinajstić information content (AvgIpc) is 3.01. The lowest BCUT2D eigenvalue weighted by Gasteiger charge is -2.26. The third kappa shape index (κ3) is 3.47. The highest BCUT2D eigenvalue weighted by molar-refractivity contribution is 5.94. The fourth-order valence-corrected chi connectivity index (χ4v) is 3.35. The second-order valence-electron chi connectivity index (χ2n) is 6.72. The van der Waals surface area contributed by atoms with Crippen LogP contribution in [-0.2, 0) is 14.3 Å². The summed E-state index contributed by atoms with van der Waals surface area (Å²) in [4.78, 5) is 36.6. The van der Waals surface area contributed by atoms with Gasteiger partial charge in [-0.15, -0.1) is 0 Å². The lowest BCUT2D eigenvalue weighted by atomic mass is 9.86. The molecule has 0 bridgehead atoms. The van der Waals surface area contributed by atoms with Crippen LogP contribution in [0.3, 0.4) is 0 Å². The second kappa shape index (κ2) is 7.79. The summed E-state index contributed by atoms with van der Waals surface area (Å²) in [5.74, 6) is -0.167. The standard InChI is InChI=1S/C19H23N3O6/c1-10(2)22-18-16(19(25)21-22)12(8-14(23)20-18)11-6-5-7-13(26-3)17(11)28-9-15(24)27-4/h5-7,10,12H,8-9H2,1-4H3,(H,20,23)(H,21,25). The number of carbonyl (C=O) groups is 2. The van der Waals surface area contributed by atoms with Gasteiger partial charge in [0.15, 0.2) is 18.1 Å². The van der Waals surface area contributed by atoms with Crippen LogP contribution in [-0.4, -0.2) is 42.5 Å². The van der Waals surface area contributed by atoms with Crippen molar-refractivity contribution in [3.63, 3.8) is 0 Å². The number of esters is 1. The molecule has 9 nitrogen and oxygen atoms in total. The quantitative estimate of drug-likeness (QED) is 0.729. The Morgan fingerprint density at radius 1 is 1.29 bits per heavy atom. The van der Waals surface area contributed by atoms with Crippen LogP contribution in [0, 0.1) is 0 Å². The number of para-hydroxylation sites is 1. The van der Waals surface area contributed by atoms with Crippen molar-refractivity contribution in [2.45, 2.75) is 32.2 Å². The summed E-state index contributed by atoms with van der Waals surface area (Å²) in [6, 6.07) is 5.15. The Labute approximate surface area is 161 Å². The third-order valence-electron chi connectivity index (χ3n) is 4.64. The Bertz CT molecular complexity index is 959. The van der Waals surface area contributed by atoms with Gasteiger partial charge in [0, 0.05) is 23.9 Å². The first-order valence-electron chi connectivity index (χ1n) is 8.88. The third-order valence-corrected chi connectivity index (χ3v) is 4.64. The molecule has 1 aliphatic rings. The van der Waals surface area contributed by atoms with Crippen molar-refractivity contribution in [2.24, 2.45) is 0 Å². The summed E-state index contributed by atoms with van der Waals surface area (Å²) in [6.07, 6.45) is 0.0694. The summed E-state index contributed by atoms with van der Waals surface area (Å²) >= 11 is 0. The lowest BCUT2D eigenvalue weighted by Crippen LogP contribution is -2.27. The molecule has 3 rings (SSSR count). The number of ether oxygens (including phenoxy) is 3. The van der Waals surface area contributed by atoms with Gasteiger partial charge in [0.2, 0.25) is 5.91 Å². The van der Waals surface area contributed by atoms with E-state index < -0.39 is 11.9 Å². The normalized spacial score (nSPS) is 15.8. The van der Waals surface area contributed by atoms with Crippen LogP contribution >= 0.6 is 0 Å². The van der Waals surface area contributed by atoms with E-state index >= 15 is 0 Å². The molecule has 1 amide bonds. The number of hydrogen-bond donors (Lipinski definition) is 2. The van der Waals surface area contributed by atoms with Crippen LogP contribution in [0.5, 0.6) is 11.5 Å². The zero-order valence-corrected chi connectivity index (χ0v) is 16.2. The van der Waals surface area contributed by atoms with Gasteiger partial charge in [-0.3, -0.25) is 19.4 Å². The fourth-order valence-electron chi connectivity index (χ4n) is 3.35. The summed E-state index contributed by atoms with van der Waals surface area (Å²) in [6.45, 7) is 3.49. The van der Waals surface area contributed by atoms with E-state index in [2.05, 4.69) is 15.2 Å². The Hall–Kier alpha value is -3.23. The maximum absolute atomic E-state index is 12.7. The molecule has 0 fully saturated rings. The van der Waals surface area contributed by atoms with E-state index in [-0.39, 0.29) is 30.5 Å². The number of nitrogens with one attached hydrogen (secondary N) is 2. The molecule has 0 saturated carbocycles. The monoisotopic (exact) mass is 389 g/mol. The summed E-state index contributed by atoms with van der Waals surface area (Å²) in [5.41, 5.74) is 0.756. The van der Waals surface area contributed by atoms with Gasteiger partial charge in [-0.2, -0.15) is 0 Å². The number of aromatic amines is 1. The average molecular weight is 389 g/mol. The molecule has 0 spiro atoms. The van der Waals surface area contributed by atoms with Crippen LogP contribution < -0.4 is 20.3 Å². The van der Waals surface area contributed by atoms with Crippen LogP contribution in [0.25, 0.3) is 0 Å². The fraction of sp³-hybridized carbons (Fsp3) is 0.421. The SMILES string of the molecule is COC(=O)COc1c(OC)cccc1C1CC(=O)Nc2c1c(=O)[nH]n2C(C)C. The van der Waals surface area contributed by atoms with Gasteiger partial charge in [0.1, 0.15) is 5.82 Å².